The average molecular weight is 705 g/mol. The summed E-state index contributed by atoms with van der Waals surface area (Å²) in [5.74, 6) is 0. The minimum atomic E-state index is -2.43. The van der Waals surface area contributed by atoms with E-state index in [2.05, 4.69) is 165 Å². The third-order valence-corrected chi connectivity index (χ3v) is 18.0. The molecule has 0 spiro atoms. The van der Waals surface area contributed by atoms with Crippen molar-refractivity contribution >= 4 is 45.6 Å². The number of rotatable bonds is 3. The van der Waals surface area contributed by atoms with E-state index < -0.39 is 6.04 Å². The zero-order valence-electron chi connectivity index (χ0n) is 29.0. The van der Waals surface area contributed by atoms with E-state index in [1.54, 1.807) is 0 Å². The van der Waals surface area contributed by atoms with Crippen molar-refractivity contribution in [2.24, 2.45) is 0 Å². The Morgan fingerprint density at radius 2 is 0.960 bits per heavy atom. The topological polar surface area (TPSA) is 31.6 Å². The lowest BCUT2D eigenvalue weighted by Crippen LogP contribution is -2.28. The molecule has 0 saturated heterocycles. The monoisotopic (exact) mass is 704 g/mol. The molecule has 2 nitrogen and oxygen atoms in total. The van der Waals surface area contributed by atoms with Gasteiger partial charge in [0, 0.05) is 59.9 Å². The van der Waals surface area contributed by atoms with Crippen LogP contribution in [0.15, 0.2) is 149 Å². The summed E-state index contributed by atoms with van der Waals surface area (Å²) in [5, 5.41) is 4.25. The van der Waals surface area contributed by atoms with Crippen molar-refractivity contribution in [2.75, 3.05) is 0 Å². The molecule has 0 atom stereocenters. The van der Waals surface area contributed by atoms with Crippen molar-refractivity contribution in [3.63, 3.8) is 0 Å². The first-order valence-corrected chi connectivity index (χ1v) is 21.3. The van der Waals surface area contributed by atoms with Gasteiger partial charge in [-0.15, -0.1) is 11.3 Å². The zero-order valence-corrected chi connectivity index (χ0v) is 31.5. The fraction of sp³-hybridized carbons (Fsp3) is 0.200. The van der Waals surface area contributed by atoms with Gasteiger partial charge in [0.2, 0.25) is 0 Å². The number of nitrogens with one attached hydrogen (secondary N) is 2. The molecule has 5 heterocycles. The van der Waals surface area contributed by atoms with Crippen LogP contribution in [0.3, 0.4) is 0 Å². The van der Waals surface area contributed by atoms with Crippen LogP contribution >= 0.6 is 17.4 Å². The van der Waals surface area contributed by atoms with Crippen LogP contribution in [0.2, 0.25) is 0 Å². The summed E-state index contributed by atoms with van der Waals surface area (Å²) in [4.78, 5) is 8.05. The van der Waals surface area contributed by atoms with E-state index in [-0.39, 0.29) is 10.8 Å². The smallest absolute Gasteiger partial charge is 0.0476 e. The third-order valence-electron chi connectivity index (χ3n) is 11.2. The van der Waals surface area contributed by atoms with Gasteiger partial charge in [-0.2, -0.15) is 0 Å². The molecule has 3 aromatic heterocycles. The number of benzene rings is 3. The fourth-order valence-electron chi connectivity index (χ4n) is 8.94. The Labute approximate surface area is 304 Å². The summed E-state index contributed by atoms with van der Waals surface area (Å²) in [7, 11) is 0. The molecule has 1 saturated carbocycles. The molecule has 5 heteroatoms. The van der Waals surface area contributed by atoms with E-state index in [0.29, 0.717) is 0 Å². The number of aromatic nitrogens is 2. The Kier molecular flexibility index (Phi) is 7.41. The van der Waals surface area contributed by atoms with Crippen LogP contribution in [0.1, 0.15) is 80.9 Å². The van der Waals surface area contributed by atoms with Crippen molar-refractivity contribution in [1.29, 1.82) is 0 Å². The van der Waals surface area contributed by atoms with Crippen molar-refractivity contribution in [3.8, 4) is 0 Å². The van der Waals surface area contributed by atoms with Crippen LogP contribution in [0.5, 0.6) is 0 Å². The summed E-state index contributed by atoms with van der Waals surface area (Å²) >= 11 is 9.18. The highest BCUT2D eigenvalue weighted by atomic mass is 32.4. The number of H-pyrrole nitrogens is 2. The largest absolute Gasteiger partial charge is 0.358 e. The van der Waals surface area contributed by atoms with E-state index in [9.17, 15) is 0 Å². The molecule has 0 radical (unpaired) electrons. The molecule has 1 aliphatic carbocycles. The van der Waals surface area contributed by atoms with Crippen LogP contribution in [0, 0.1) is 0 Å². The number of thiophene rings is 1. The molecule has 8 bridgehead atoms. The Bertz CT molecular complexity index is 2370. The molecule has 3 aromatic carbocycles. The van der Waals surface area contributed by atoms with E-state index >= 15 is 0 Å². The van der Waals surface area contributed by atoms with Gasteiger partial charge in [-0.05, 0) is 93.9 Å². The number of allylic oxidation sites excluding steroid dienone is 4. The molecule has 2 N–H and O–H groups in total. The van der Waals surface area contributed by atoms with Gasteiger partial charge in [0.05, 0.1) is 0 Å². The standard InChI is InChI=1S/C45H41N2PS2/c1-44(2)38-27-23-34(46-38)40(29-15-8-5-9-16-29)36-25-26-37(50-36)41(30-17-10-6-11-18-30)35-24-28-39(47-35)45(3,4)43-33-22-14-21-32(33)42(44)48(43,49)31-19-12-7-13-20-31/h5-13,15-20,23-28,46-47H,14,21-22H2,1-4H3/b40-36-,41-37-. The number of hydrogen-bond acceptors (Lipinski definition) is 2. The van der Waals surface area contributed by atoms with Gasteiger partial charge in [-0.1, -0.05) is 130 Å². The first-order valence-electron chi connectivity index (χ1n) is 17.7. The molecule has 6 aromatic rings. The van der Waals surface area contributed by atoms with Crippen LogP contribution in [0.25, 0.3) is 11.1 Å². The Morgan fingerprint density at radius 1 is 0.540 bits per heavy atom. The van der Waals surface area contributed by atoms with Crippen molar-refractivity contribution in [2.45, 2.75) is 57.8 Å². The summed E-state index contributed by atoms with van der Waals surface area (Å²) < 4.78 is 2.48. The molecule has 3 aliphatic rings. The average Bonchev–Trinajstić information content (AvgIpc) is 3.96. The van der Waals surface area contributed by atoms with Gasteiger partial charge in [-0.25, -0.2) is 0 Å². The Balaban J connectivity index is 1.43. The summed E-state index contributed by atoms with van der Waals surface area (Å²) in [6, 6.07) is 44.3. The Hall–Kier alpha value is -4.21. The molecule has 0 amide bonds. The van der Waals surface area contributed by atoms with Crippen LogP contribution in [0.4, 0.5) is 0 Å². The second kappa shape index (κ2) is 11.7. The minimum absolute atomic E-state index is 0.305. The molecule has 248 valence electrons. The normalized spacial score (nSPS) is 23.0. The first-order chi connectivity index (χ1) is 24.2. The second-order valence-corrected chi connectivity index (χ2v) is 20.3. The van der Waals surface area contributed by atoms with E-state index in [0.717, 1.165) is 24.2 Å². The van der Waals surface area contributed by atoms with E-state index in [1.807, 2.05) is 11.3 Å². The summed E-state index contributed by atoms with van der Waals surface area (Å²) in [5.41, 5.74) is 12.0. The number of fused-ring (bicyclic) bond motifs is 9. The quantitative estimate of drug-likeness (QED) is 0.177. The SMILES string of the molecule is CC1(C)C2=C3CCCC3=C(C(C)(C)c3ccc([nH]3)/C(c3ccccc3)=c3/cc/c(s3)=C(\c3ccccc3)c3ccc1[nH]3)P2(=S)c1ccccc1. The van der Waals surface area contributed by atoms with Gasteiger partial charge in [0.15, 0.2) is 0 Å². The molecular formula is C45H41N2PS2. The van der Waals surface area contributed by atoms with Gasteiger partial charge in [0.1, 0.15) is 0 Å². The maximum Gasteiger partial charge on any atom is 0.0476 e. The molecule has 2 aliphatic heterocycles. The fourth-order valence-corrected chi connectivity index (χ4v) is 16.9. The highest BCUT2D eigenvalue weighted by Crippen LogP contribution is 2.77. The van der Waals surface area contributed by atoms with Crippen molar-refractivity contribution in [3.05, 3.63) is 192 Å². The van der Waals surface area contributed by atoms with Crippen molar-refractivity contribution < 1.29 is 0 Å². The van der Waals surface area contributed by atoms with Gasteiger partial charge >= 0.3 is 0 Å². The number of hydrogen-bond donors (Lipinski definition) is 2. The van der Waals surface area contributed by atoms with E-state index in [1.165, 1.54) is 76.2 Å². The first kappa shape index (κ1) is 31.7. The van der Waals surface area contributed by atoms with Crippen LogP contribution < -0.4 is 14.4 Å². The lowest BCUT2D eigenvalue weighted by atomic mass is 9.83. The molecule has 50 heavy (non-hydrogen) atoms. The van der Waals surface area contributed by atoms with Gasteiger partial charge in [0.25, 0.3) is 0 Å². The lowest BCUT2D eigenvalue weighted by molar-refractivity contribution is 0.623. The number of aromatic amines is 2. The highest BCUT2D eigenvalue weighted by Gasteiger charge is 2.52. The molecular weight excluding hydrogens is 664 g/mol. The second-order valence-electron chi connectivity index (χ2n) is 14.9. The summed E-state index contributed by atoms with van der Waals surface area (Å²) in [6.45, 7) is 9.68. The predicted molar refractivity (Wildman–Crippen MR) is 216 cm³/mol. The lowest BCUT2D eigenvalue weighted by Gasteiger charge is -2.40. The van der Waals surface area contributed by atoms with Gasteiger partial charge in [-0.3, -0.25) is 0 Å². The summed E-state index contributed by atoms with van der Waals surface area (Å²) in [6.07, 6.45) is 3.36. The van der Waals surface area contributed by atoms with E-state index in [4.69, 9.17) is 11.8 Å². The zero-order chi connectivity index (χ0) is 34.3. The van der Waals surface area contributed by atoms with Crippen LogP contribution in [-0.4, -0.2) is 9.97 Å². The van der Waals surface area contributed by atoms with Crippen molar-refractivity contribution in [1.82, 2.24) is 9.97 Å². The molecule has 1 fully saturated rings. The van der Waals surface area contributed by atoms with Crippen LogP contribution in [-0.2, 0) is 22.6 Å². The Morgan fingerprint density at radius 3 is 1.40 bits per heavy atom. The van der Waals surface area contributed by atoms with Gasteiger partial charge < -0.3 is 9.97 Å². The molecule has 0 unspecified atom stereocenters. The molecule has 9 rings (SSSR count). The highest BCUT2D eigenvalue weighted by molar-refractivity contribution is 8.22. The third kappa shape index (κ3) is 4.69. The maximum absolute atomic E-state index is 7.31. The maximum atomic E-state index is 7.31. The minimum Gasteiger partial charge on any atom is -0.358 e. The predicted octanol–water partition coefficient (Wildman–Crippen LogP) is 9.98.